The first-order valence-corrected chi connectivity index (χ1v) is 5.65. The Bertz CT molecular complexity index is 486. The van der Waals surface area contributed by atoms with Crippen molar-refractivity contribution < 1.29 is 9.50 Å². The van der Waals surface area contributed by atoms with E-state index in [1.54, 1.807) is 19.1 Å². The fourth-order valence-electron chi connectivity index (χ4n) is 1.52. The predicted molar refractivity (Wildman–Crippen MR) is 59.7 cm³/mol. The van der Waals surface area contributed by atoms with E-state index in [0.29, 0.717) is 6.42 Å². The van der Waals surface area contributed by atoms with Crippen LogP contribution in [-0.2, 0) is 6.42 Å². The summed E-state index contributed by atoms with van der Waals surface area (Å²) in [5.74, 6) is -0.288. The van der Waals surface area contributed by atoms with Crippen molar-refractivity contribution >= 4 is 11.5 Å². The van der Waals surface area contributed by atoms with Crippen molar-refractivity contribution in [2.45, 2.75) is 19.4 Å². The van der Waals surface area contributed by atoms with E-state index in [0.717, 1.165) is 16.1 Å². The fourth-order valence-corrected chi connectivity index (χ4v) is 2.15. The minimum absolute atomic E-state index is 0.288. The second-order valence-corrected chi connectivity index (χ2v) is 4.36. The van der Waals surface area contributed by atoms with Crippen molar-refractivity contribution in [2.75, 3.05) is 0 Å². The van der Waals surface area contributed by atoms with Crippen LogP contribution in [-0.4, -0.2) is 14.7 Å². The average molecular weight is 238 g/mol. The molecule has 0 bridgehead atoms. The highest BCUT2D eigenvalue weighted by Gasteiger charge is 2.14. The molecular formula is C11H11FN2OS. The Hall–Kier alpha value is -1.33. The maximum Gasteiger partial charge on any atom is 0.123 e. The van der Waals surface area contributed by atoms with E-state index in [-0.39, 0.29) is 5.82 Å². The Balaban J connectivity index is 2.14. The van der Waals surface area contributed by atoms with Crippen LogP contribution in [0.25, 0.3) is 0 Å². The molecular weight excluding hydrogens is 227 g/mol. The van der Waals surface area contributed by atoms with Crippen LogP contribution in [0.15, 0.2) is 24.3 Å². The fraction of sp³-hybridized carbons (Fsp3) is 0.273. The molecule has 2 rings (SSSR count). The number of aryl methyl sites for hydroxylation is 1. The van der Waals surface area contributed by atoms with Crippen molar-refractivity contribution in [3.8, 4) is 0 Å². The summed E-state index contributed by atoms with van der Waals surface area (Å²) in [6, 6.07) is 6.23. The highest BCUT2D eigenvalue weighted by Crippen LogP contribution is 2.23. The van der Waals surface area contributed by atoms with Crippen molar-refractivity contribution in [1.82, 2.24) is 9.59 Å². The lowest BCUT2D eigenvalue weighted by Crippen LogP contribution is -2.01. The lowest BCUT2D eigenvalue weighted by molar-refractivity contribution is 0.181. The zero-order valence-electron chi connectivity index (χ0n) is 8.72. The first-order valence-electron chi connectivity index (χ1n) is 4.88. The Morgan fingerprint density at radius 1 is 1.50 bits per heavy atom. The van der Waals surface area contributed by atoms with E-state index >= 15 is 0 Å². The molecule has 1 heterocycles. The molecule has 0 aliphatic carbocycles. The number of aliphatic hydroxyl groups is 1. The van der Waals surface area contributed by atoms with Gasteiger partial charge >= 0.3 is 0 Å². The van der Waals surface area contributed by atoms with Crippen LogP contribution in [0.3, 0.4) is 0 Å². The molecule has 84 valence electrons. The summed E-state index contributed by atoms with van der Waals surface area (Å²) in [7, 11) is 0. The van der Waals surface area contributed by atoms with E-state index < -0.39 is 6.10 Å². The smallest absolute Gasteiger partial charge is 0.123 e. The van der Waals surface area contributed by atoms with E-state index in [4.69, 9.17) is 0 Å². The van der Waals surface area contributed by atoms with Gasteiger partial charge in [-0.2, -0.15) is 0 Å². The summed E-state index contributed by atoms with van der Waals surface area (Å²) in [4.78, 5) is 0.740. The SMILES string of the molecule is Cc1nnsc1C(O)Cc1cccc(F)c1. The molecule has 16 heavy (non-hydrogen) atoms. The summed E-state index contributed by atoms with van der Waals surface area (Å²) in [5, 5.41) is 13.8. The van der Waals surface area contributed by atoms with Gasteiger partial charge < -0.3 is 5.11 Å². The van der Waals surface area contributed by atoms with Gasteiger partial charge in [-0.25, -0.2) is 4.39 Å². The third kappa shape index (κ3) is 2.43. The van der Waals surface area contributed by atoms with Gasteiger partial charge in [0.05, 0.1) is 16.7 Å². The second-order valence-electron chi connectivity index (χ2n) is 3.57. The molecule has 0 spiro atoms. The first kappa shape index (κ1) is 11.2. The van der Waals surface area contributed by atoms with Gasteiger partial charge in [0.25, 0.3) is 0 Å². The van der Waals surface area contributed by atoms with E-state index in [1.807, 2.05) is 0 Å². The van der Waals surface area contributed by atoms with Crippen LogP contribution < -0.4 is 0 Å². The summed E-state index contributed by atoms with van der Waals surface area (Å²) in [5.41, 5.74) is 1.49. The Morgan fingerprint density at radius 3 is 2.94 bits per heavy atom. The van der Waals surface area contributed by atoms with Gasteiger partial charge in [-0.3, -0.25) is 0 Å². The van der Waals surface area contributed by atoms with E-state index in [1.165, 1.54) is 23.7 Å². The van der Waals surface area contributed by atoms with Crippen LogP contribution in [0.5, 0.6) is 0 Å². The standard InChI is InChI=1S/C11H11FN2OS/c1-7-11(16-14-13-7)10(15)6-8-3-2-4-9(12)5-8/h2-5,10,15H,6H2,1H3. The van der Waals surface area contributed by atoms with Gasteiger partial charge in [0.1, 0.15) is 5.82 Å². The molecule has 2 aromatic rings. The number of hydrogen-bond donors (Lipinski definition) is 1. The zero-order valence-corrected chi connectivity index (χ0v) is 9.54. The van der Waals surface area contributed by atoms with Crippen molar-refractivity contribution in [1.29, 1.82) is 0 Å². The number of rotatable bonds is 3. The number of benzene rings is 1. The molecule has 0 aliphatic heterocycles. The molecule has 1 N–H and O–H groups in total. The Morgan fingerprint density at radius 2 is 2.31 bits per heavy atom. The highest BCUT2D eigenvalue weighted by molar-refractivity contribution is 7.05. The van der Waals surface area contributed by atoms with Crippen LogP contribution in [0.1, 0.15) is 22.2 Å². The number of hydrogen-bond acceptors (Lipinski definition) is 4. The first-order chi connectivity index (χ1) is 7.66. The molecule has 1 unspecified atom stereocenters. The van der Waals surface area contributed by atoms with E-state index in [9.17, 15) is 9.50 Å². The molecule has 1 atom stereocenters. The predicted octanol–water partition coefficient (Wildman–Crippen LogP) is 2.26. The Labute approximate surface area is 96.7 Å². The monoisotopic (exact) mass is 238 g/mol. The summed E-state index contributed by atoms with van der Waals surface area (Å²) in [6.45, 7) is 1.80. The number of halogens is 1. The molecule has 1 aromatic carbocycles. The summed E-state index contributed by atoms with van der Waals surface area (Å²) >= 11 is 1.18. The van der Waals surface area contributed by atoms with Crippen LogP contribution >= 0.6 is 11.5 Å². The normalized spacial score (nSPS) is 12.7. The largest absolute Gasteiger partial charge is 0.387 e. The second kappa shape index (κ2) is 4.67. The average Bonchev–Trinajstić information content (AvgIpc) is 2.64. The van der Waals surface area contributed by atoms with Gasteiger partial charge in [0.15, 0.2) is 0 Å². The molecule has 0 fully saturated rings. The van der Waals surface area contributed by atoms with Crippen molar-refractivity contribution in [2.24, 2.45) is 0 Å². The quantitative estimate of drug-likeness (QED) is 0.892. The number of aromatic nitrogens is 2. The summed E-state index contributed by atoms with van der Waals surface area (Å²) in [6.07, 6.45) is -0.288. The molecule has 1 aromatic heterocycles. The van der Waals surface area contributed by atoms with Crippen LogP contribution in [0.2, 0.25) is 0 Å². The van der Waals surface area contributed by atoms with Crippen molar-refractivity contribution in [3.63, 3.8) is 0 Å². The molecule has 0 radical (unpaired) electrons. The summed E-state index contributed by atoms with van der Waals surface area (Å²) < 4.78 is 16.7. The molecule has 3 nitrogen and oxygen atoms in total. The minimum Gasteiger partial charge on any atom is -0.387 e. The van der Waals surface area contributed by atoms with Gasteiger partial charge in [-0.05, 0) is 36.2 Å². The lowest BCUT2D eigenvalue weighted by atomic mass is 10.1. The maximum atomic E-state index is 12.9. The molecule has 0 saturated heterocycles. The van der Waals surface area contributed by atoms with Gasteiger partial charge in [0, 0.05) is 6.42 Å². The van der Waals surface area contributed by atoms with E-state index in [2.05, 4.69) is 9.59 Å². The molecule has 0 saturated carbocycles. The zero-order chi connectivity index (χ0) is 11.5. The van der Waals surface area contributed by atoms with Crippen molar-refractivity contribution in [3.05, 3.63) is 46.2 Å². The van der Waals surface area contributed by atoms with Gasteiger partial charge in [-0.15, -0.1) is 5.10 Å². The number of nitrogens with zero attached hydrogens (tertiary/aromatic N) is 2. The topological polar surface area (TPSA) is 46.0 Å². The third-order valence-corrected chi connectivity index (χ3v) is 3.23. The molecule has 0 aliphatic rings. The molecule has 5 heteroatoms. The van der Waals surface area contributed by atoms with Crippen LogP contribution in [0.4, 0.5) is 4.39 Å². The van der Waals surface area contributed by atoms with Crippen LogP contribution in [0, 0.1) is 12.7 Å². The number of aliphatic hydroxyl groups excluding tert-OH is 1. The lowest BCUT2D eigenvalue weighted by Gasteiger charge is -2.08. The highest BCUT2D eigenvalue weighted by atomic mass is 32.1. The molecule has 0 amide bonds. The third-order valence-electron chi connectivity index (χ3n) is 2.31. The minimum atomic E-state index is -0.665. The van der Waals surface area contributed by atoms with Gasteiger partial charge in [0.2, 0.25) is 0 Å². The van der Waals surface area contributed by atoms with Gasteiger partial charge in [-0.1, -0.05) is 16.6 Å². The maximum absolute atomic E-state index is 12.9. The Kier molecular flexibility index (Phi) is 3.26.